The summed E-state index contributed by atoms with van der Waals surface area (Å²) in [7, 11) is 2.24. The van der Waals surface area contributed by atoms with Crippen molar-refractivity contribution in [3.05, 3.63) is 29.8 Å². The molecule has 0 radical (unpaired) electrons. The maximum absolute atomic E-state index is 12.1. The molecule has 1 aromatic rings. The van der Waals surface area contributed by atoms with E-state index in [9.17, 15) is 10.2 Å². The SMILES string of the molecule is CC[C@H]1[C@@H]2C[C@@H]3[C@@H]4N(C)c5ccccc5[C@@]45C[C@@H]([C@@H]2[C@@H]5O)[N+]3(C[C@@H]2CCCCO2)[C@@H]1O. The molecule has 5 bridgehead atoms. The summed E-state index contributed by atoms with van der Waals surface area (Å²) < 4.78 is 7.08. The van der Waals surface area contributed by atoms with Crippen molar-refractivity contribution in [2.24, 2.45) is 17.8 Å². The molecule has 5 saturated heterocycles. The summed E-state index contributed by atoms with van der Waals surface area (Å²) in [5.74, 6) is 1.05. The van der Waals surface area contributed by atoms with Crippen LogP contribution in [0.5, 0.6) is 0 Å². The van der Waals surface area contributed by atoms with Gasteiger partial charge in [0.05, 0.1) is 23.6 Å². The average Bonchev–Trinajstić information content (AvgIpc) is 3.18. The Balaban J connectivity index is 1.42. The van der Waals surface area contributed by atoms with Crippen molar-refractivity contribution < 1.29 is 19.4 Å². The zero-order valence-electron chi connectivity index (χ0n) is 18.9. The topological polar surface area (TPSA) is 52.9 Å². The normalized spacial score (nSPS) is 53.7. The molecule has 0 amide bonds. The van der Waals surface area contributed by atoms with Crippen molar-refractivity contribution in [1.82, 2.24) is 0 Å². The Morgan fingerprint density at radius 1 is 1.19 bits per heavy atom. The van der Waals surface area contributed by atoms with Gasteiger partial charge in [-0.05, 0) is 43.2 Å². The van der Waals surface area contributed by atoms with Crippen molar-refractivity contribution in [3.63, 3.8) is 0 Å². The number of fused-ring (bicyclic) bond motifs is 2. The van der Waals surface area contributed by atoms with Gasteiger partial charge in [-0.15, -0.1) is 0 Å². The minimum atomic E-state index is -0.319. The molecule has 8 rings (SSSR count). The van der Waals surface area contributed by atoms with Crippen LogP contribution < -0.4 is 4.90 Å². The van der Waals surface area contributed by atoms with E-state index in [1.54, 1.807) is 0 Å². The van der Waals surface area contributed by atoms with Gasteiger partial charge in [-0.25, -0.2) is 0 Å². The number of benzene rings is 1. The van der Waals surface area contributed by atoms with Crippen molar-refractivity contribution >= 4 is 5.69 Å². The van der Waals surface area contributed by atoms with E-state index >= 15 is 0 Å². The third kappa shape index (κ3) is 2.01. The number of anilines is 1. The Bertz CT molecular complexity index is 902. The number of ether oxygens (including phenoxy) is 1. The number of aliphatic hydroxyl groups excluding tert-OH is 2. The van der Waals surface area contributed by atoms with Gasteiger partial charge in [0.15, 0.2) is 6.23 Å². The van der Waals surface area contributed by atoms with Gasteiger partial charge >= 0.3 is 0 Å². The monoisotopic (exact) mass is 425 g/mol. The second-order valence-electron chi connectivity index (χ2n) is 11.5. The second-order valence-corrected chi connectivity index (χ2v) is 11.5. The lowest BCUT2D eigenvalue weighted by Crippen LogP contribution is -2.83. The van der Waals surface area contributed by atoms with Gasteiger partial charge in [-0.2, -0.15) is 0 Å². The predicted octanol–water partition coefficient (Wildman–Crippen LogP) is 2.64. The van der Waals surface area contributed by atoms with E-state index in [0.29, 0.717) is 29.8 Å². The predicted molar refractivity (Wildman–Crippen MR) is 119 cm³/mol. The average molecular weight is 426 g/mol. The minimum Gasteiger partial charge on any atom is -0.392 e. The molecule has 31 heavy (non-hydrogen) atoms. The van der Waals surface area contributed by atoms with Crippen LogP contribution in [0.25, 0.3) is 0 Å². The summed E-state index contributed by atoms with van der Waals surface area (Å²) in [5.41, 5.74) is 2.49. The fraction of sp³-hybridized carbons (Fsp3) is 0.769. The van der Waals surface area contributed by atoms with E-state index in [1.165, 1.54) is 17.7 Å². The van der Waals surface area contributed by atoms with Gasteiger partial charge in [0.1, 0.15) is 18.7 Å². The molecule has 1 aromatic carbocycles. The molecule has 1 saturated carbocycles. The highest BCUT2D eigenvalue weighted by molar-refractivity contribution is 5.66. The standard InChI is InChI=1S/C26H37N2O3/c1-3-16-17-12-20-23-26(18-9-4-5-10-19(18)27(23)2)13-21(22(17)24(26)29)28(20,25(16)30)14-15-8-6-7-11-31-15/h4-5,9-10,15-17,20-25,29-30H,3,6-8,11-14H2,1-2H3/q+1/t15-,16-,17-,20+,21-,22+,23-,24-,25+,26-,28?/m0/s1. The summed E-state index contributed by atoms with van der Waals surface area (Å²) >= 11 is 0. The number of hydrogen-bond acceptors (Lipinski definition) is 4. The summed E-state index contributed by atoms with van der Waals surface area (Å²) in [5, 5.41) is 24.1. The van der Waals surface area contributed by atoms with Crippen LogP contribution in [-0.4, -0.2) is 71.5 Å². The van der Waals surface area contributed by atoms with E-state index in [2.05, 4.69) is 43.1 Å². The van der Waals surface area contributed by atoms with Crippen LogP contribution in [0.15, 0.2) is 24.3 Å². The van der Waals surface area contributed by atoms with Gasteiger partial charge in [0.2, 0.25) is 0 Å². The van der Waals surface area contributed by atoms with E-state index in [1.807, 2.05) is 0 Å². The Kier molecular flexibility index (Phi) is 3.90. The fourth-order valence-corrected chi connectivity index (χ4v) is 10.1. The molecular weight excluding hydrogens is 388 g/mol. The first-order valence-corrected chi connectivity index (χ1v) is 12.7. The third-order valence-electron chi connectivity index (χ3n) is 10.9. The molecule has 1 spiro atoms. The van der Waals surface area contributed by atoms with Gasteiger partial charge in [0, 0.05) is 44.0 Å². The number of para-hydroxylation sites is 1. The molecule has 0 aromatic heterocycles. The van der Waals surface area contributed by atoms with Crippen LogP contribution in [0.3, 0.4) is 0 Å². The molecule has 1 aliphatic carbocycles. The molecule has 1 unspecified atom stereocenters. The Hall–Kier alpha value is -1.14. The number of piperidine rings is 4. The number of hydrogen-bond donors (Lipinski definition) is 2. The molecule has 6 aliphatic heterocycles. The lowest BCUT2D eigenvalue weighted by Gasteiger charge is -2.68. The molecule has 168 valence electrons. The zero-order valence-corrected chi connectivity index (χ0v) is 18.9. The van der Waals surface area contributed by atoms with Crippen LogP contribution in [0, 0.1) is 17.8 Å². The minimum absolute atomic E-state index is 0.169. The van der Waals surface area contributed by atoms with Crippen molar-refractivity contribution in [1.29, 1.82) is 0 Å². The maximum atomic E-state index is 12.1. The fourth-order valence-electron chi connectivity index (χ4n) is 10.1. The highest BCUT2D eigenvalue weighted by Gasteiger charge is 2.83. The highest BCUT2D eigenvalue weighted by atomic mass is 16.5. The molecular formula is C26H37N2O3+. The molecule has 11 atom stereocenters. The van der Waals surface area contributed by atoms with Crippen molar-refractivity contribution in [2.75, 3.05) is 25.1 Å². The first-order chi connectivity index (χ1) is 15.1. The number of aliphatic hydroxyl groups is 2. The van der Waals surface area contributed by atoms with Crippen molar-refractivity contribution in [2.45, 2.75) is 87.4 Å². The lowest BCUT2D eigenvalue weighted by molar-refractivity contribution is -1.04. The van der Waals surface area contributed by atoms with Crippen LogP contribution in [0.4, 0.5) is 5.69 Å². The summed E-state index contributed by atoms with van der Waals surface area (Å²) in [4.78, 5) is 2.48. The quantitative estimate of drug-likeness (QED) is 0.731. The van der Waals surface area contributed by atoms with Gasteiger partial charge in [-0.3, -0.25) is 4.48 Å². The highest BCUT2D eigenvalue weighted by Crippen LogP contribution is 2.71. The van der Waals surface area contributed by atoms with E-state index in [0.717, 1.165) is 49.7 Å². The Morgan fingerprint density at radius 2 is 2.03 bits per heavy atom. The zero-order chi connectivity index (χ0) is 21.1. The van der Waals surface area contributed by atoms with Gasteiger partial charge < -0.3 is 19.8 Å². The molecule has 5 nitrogen and oxygen atoms in total. The largest absolute Gasteiger partial charge is 0.392 e. The molecule has 6 fully saturated rings. The molecule has 6 heterocycles. The second kappa shape index (κ2) is 6.25. The van der Waals surface area contributed by atoms with Gasteiger partial charge in [-0.1, -0.05) is 25.1 Å². The van der Waals surface area contributed by atoms with Crippen molar-refractivity contribution in [3.8, 4) is 0 Å². The molecule has 2 N–H and O–H groups in total. The van der Waals surface area contributed by atoms with E-state index in [4.69, 9.17) is 4.74 Å². The molecule has 5 heteroatoms. The van der Waals surface area contributed by atoms with Gasteiger partial charge in [0.25, 0.3) is 0 Å². The lowest BCUT2D eigenvalue weighted by atomic mass is 9.60. The first kappa shape index (κ1) is 19.3. The number of nitrogens with zero attached hydrogens (tertiary/aromatic N) is 2. The van der Waals surface area contributed by atoms with Crippen LogP contribution in [-0.2, 0) is 10.2 Å². The van der Waals surface area contributed by atoms with E-state index < -0.39 is 0 Å². The Labute approximate surface area is 185 Å². The summed E-state index contributed by atoms with van der Waals surface area (Å²) in [6.45, 7) is 4.03. The summed E-state index contributed by atoms with van der Waals surface area (Å²) in [6, 6.07) is 9.80. The first-order valence-electron chi connectivity index (χ1n) is 12.7. The number of likely N-dealkylation sites (N-methyl/N-ethyl adjacent to an activating group) is 1. The summed E-state index contributed by atoms with van der Waals surface area (Å²) in [6.07, 6.45) is 6.30. The third-order valence-corrected chi connectivity index (χ3v) is 10.9. The van der Waals surface area contributed by atoms with E-state index in [-0.39, 0.29) is 29.9 Å². The molecule has 7 aliphatic rings. The maximum Gasteiger partial charge on any atom is 0.194 e. The van der Waals surface area contributed by atoms with Crippen LogP contribution in [0.2, 0.25) is 0 Å². The Morgan fingerprint density at radius 3 is 2.81 bits per heavy atom. The van der Waals surface area contributed by atoms with Crippen LogP contribution in [0.1, 0.15) is 51.0 Å². The smallest absolute Gasteiger partial charge is 0.194 e. The number of rotatable bonds is 3. The number of quaternary nitrogens is 1. The van der Waals surface area contributed by atoms with Crippen LogP contribution >= 0.6 is 0 Å².